The van der Waals surface area contributed by atoms with Crippen LogP contribution in [-0.2, 0) is 14.3 Å². The number of hydrogen-bond acceptors (Lipinski definition) is 6. The smallest absolute Gasteiger partial charge is 0.337 e. The summed E-state index contributed by atoms with van der Waals surface area (Å²) in [6.45, 7) is 5.73. The van der Waals surface area contributed by atoms with Gasteiger partial charge in [0.2, 0.25) is 0 Å². The summed E-state index contributed by atoms with van der Waals surface area (Å²) < 4.78 is 11.5. The fourth-order valence-corrected chi connectivity index (χ4v) is 5.89. The molecule has 0 saturated carbocycles. The molecule has 3 aromatic rings. The van der Waals surface area contributed by atoms with Crippen molar-refractivity contribution in [3.8, 4) is 5.75 Å². The Hall–Kier alpha value is -4.52. The van der Waals surface area contributed by atoms with Crippen LogP contribution in [-0.4, -0.2) is 49.4 Å². The summed E-state index contributed by atoms with van der Waals surface area (Å²) in [6, 6.07) is 15.8. The number of likely N-dealkylation sites (N-methyl/N-ethyl adjacent to an activating group) is 1. The summed E-state index contributed by atoms with van der Waals surface area (Å²) in [5.41, 5.74) is 6.28. The average molecular weight is 538 g/mol. The molecule has 5 rings (SSSR count). The first-order chi connectivity index (χ1) is 19.3. The van der Waals surface area contributed by atoms with E-state index in [1.165, 1.54) is 0 Å². The van der Waals surface area contributed by atoms with Crippen LogP contribution in [0.1, 0.15) is 42.7 Å². The van der Waals surface area contributed by atoms with Crippen LogP contribution in [0, 0.1) is 0 Å². The number of dihydropyridines is 1. The van der Waals surface area contributed by atoms with Gasteiger partial charge in [-0.15, -0.1) is 0 Å². The van der Waals surface area contributed by atoms with Crippen molar-refractivity contribution in [3.05, 3.63) is 113 Å². The number of H-pyrrole nitrogens is 1. The van der Waals surface area contributed by atoms with Crippen LogP contribution in [0.3, 0.4) is 0 Å². The maximum Gasteiger partial charge on any atom is 0.337 e. The lowest BCUT2D eigenvalue weighted by Crippen LogP contribution is -2.36. The van der Waals surface area contributed by atoms with E-state index in [0.29, 0.717) is 29.7 Å². The second-order valence-electron chi connectivity index (χ2n) is 10.4. The number of methoxy groups -OCH3 is 1. The molecule has 0 radical (unpaired) electrons. The number of esters is 1. The van der Waals surface area contributed by atoms with E-state index in [9.17, 15) is 9.59 Å². The second kappa shape index (κ2) is 11.3. The van der Waals surface area contributed by atoms with Gasteiger partial charge in [0.1, 0.15) is 12.4 Å². The number of nitrogens with one attached hydrogen (secondary N) is 2. The number of aromatic nitrogens is 1. The van der Waals surface area contributed by atoms with Crippen LogP contribution >= 0.6 is 0 Å². The molecular formula is C33H35N3O4. The van der Waals surface area contributed by atoms with E-state index in [0.717, 1.165) is 39.2 Å². The third-order valence-electron chi connectivity index (χ3n) is 7.80. The van der Waals surface area contributed by atoms with Crippen LogP contribution in [0.4, 0.5) is 0 Å². The summed E-state index contributed by atoms with van der Waals surface area (Å²) in [7, 11) is 5.43. The highest BCUT2D eigenvalue weighted by atomic mass is 16.5. The van der Waals surface area contributed by atoms with E-state index >= 15 is 0 Å². The normalized spacial score (nSPS) is 19.3. The van der Waals surface area contributed by atoms with Gasteiger partial charge in [-0.2, -0.15) is 0 Å². The number of rotatable bonds is 8. The van der Waals surface area contributed by atoms with Crippen molar-refractivity contribution in [1.82, 2.24) is 15.2 Å². The molecule has 2 atom stereocenters. The van der Waals surface area contributed by atoms with Gasteiger partial charge in [-0.25, -0.2) is 4.79 Å². The molecule has 1 aliphatic heterocycles. The lowest BCUT2D eigenvalue weighted by Gasteiger charge is -2.37. The van der Waals surface area contributed by atoms with Gasteiger partial charge >= 0.3 is 5.97 Å². The molecule has 40 heavy (non-hydrogen) atoms. The fraction of sp³-hybridized carbons (Fsp3) is 0.273. The highest BCUT2D eigenvalue weighted by Gasteiger charge is 2.42. The molecule has 206 valence electrons. The van der Waals surface area contributed by atoms with Crippen molar-refractivity contribution in [2.24, 2.45) is 0 Å². The van der Waals surface area contributed by atoms with Crippen molar-refractivity contribution in [3.63, 3.8) is 0 Å². The number of ketones is 1. The third kappa shape index (κ3) is 4.95. The van der Waals surface area contributed by atoms with Crippen LogP contribution < -0.4 is 10.1 Å². The van der Waals surface area contributed by atoms with Gasteiger partial charge in [-0.1, -0.05) is 43.0 Å². The Labute approximate surface area is 234 Å². The van der Waals surface area contributed by atoms with Crippen molar-refractivity contribution < 1.29 is 19.1 Å². The molecule has 1 aliphatic carbocycles. The lowest BCUT2D eigenvalue weighted by atomic mass is 9.71. The Bertz CT molecular complexity index is 1570. The summed E-state index contributed by atoms with van der Waals surface area (Å²) >= 11 is 0. The van der Waals surface area contributed by atoms with Crippen LogP contribution in [0.15, 0.2) is 102 Å². The first-order valence-electron chi connectivity index (χ1n) is 13.4. The third-order valence-corrected chi connectivity index (χ3v) is 7.80. The first-order valence-corrected chi connectivity index (χ1v) is 13.4. The highest BCUT2D eigenvalue weighted by molar-refractivity contribution is 6.05. The maximum absolute atomic E-state index is 14.0. The van der Waals surface area contributed by atoms with E-state index in [2.05, 4.69) is 16.9 Å². The van der Waals surface area contributed by atoms with E-state index in [1.807, 2.05) is 86.7 Å². The van der Waals surface area contributed by atoms with Gasteiger partial charge in [0.15, 0.2) is 5.78 Å². The zero-order chi connectivity index (χ0) is 28.4. The number of ether oxygens (including phenoxy) is 2. The number of carbonyl (C=O) groups excluding carboxylic acids is 2. The van der Waals surface area contributed by atoms with Crippen LogP contribution in [0.25, 0.3) is 10.9 Å². The van der Waals surface area contributed by atoms with Gasteiger partial charge in [-0.05, 0) is 48.7 Å². The molecule has 0 fully saturated rings. The summed E-state index contributed by atoms with van der Waals surface area (Å²) in [5.74, 6) is -0.257. The molecule has 0 saturated heterocycles. The Morgan fingerprint density at radius 2 is 1.88 bits per heavy atom. The Kier molecular flexibility index (Phi) is 7.65. The number of nitrogens with zero attached hydrogens (tertiary/aromatic N) is 1. The number of allylic oxidation sites excluding steroid dienone is 5. The van der Waals surface area contributed by atoms with Gasteiger partial charge in [0, 0.05) is 66.4 Å². The Morgan fingerprint density at radius 1 is 1.10 bits per heavy atom. The molecule has 2 heterocycles. The molecular weight excluding hydrogens is 502 g/mol. The van der Waals surface area contributed by atoms with E-state index in [4.69, 9.17) is 9.47 Å². The summed E-state index contributed by atoms with van der Waals surface area (Å²) in [5, 5.41) is 4.41. The lowest BCUT2D eigenvalue weighted by molar-refractivity contribution is -0.138. The van der Waals surface area contributed by atoms with Crippen LogP contribution in [0.2, 0.25) is 0 Å². The Balaban J connectivity index is 1.58. The van der Waals surface area contributed by atoms with Crippen LogP contribution in [0.5, 0.6) is 5.75 Å². The quantitative estimate of drug-likeness (QED) is 0.283. The number of aromatic amines is 1. The van der Waals surface area contributed by atoms with Crippen molar-refractivity contribution >= 4 is 22.7 Å². The molecule has 2 N–H and O–H groups in total. The molecule has 2 aromatic carbocycles. The summed E-state index contributed by atoms with van der Waals surface area (Å²) in [4.78, 5) is 33.0. The second-order valence-corrected chi connectivity index (χ2v) is 10.4. The molecule has 0 bridgehead atoms. The van der Waals surface area contributed by atoms with E-state index in [-0.39, 0.29) is 18.3 Å². The number of carbonyl (C=O) groups is 2. The number of benzene rings is 2. The van der Waals surface area contributed by atoms with Gasteiger partial charge in [0.25, 0.3) is 0 Å². The maximum atomic E-state index is 14.0. The molecule has 2 aliphatic rings. The molecule has 1 unspecified atom stereocenters. The monoisotopic (exact) mass is 537 g/mol. The number of fused-ring (bicyclic) bond motifs is 1. The van der Waals surface area contributed by atoms with Crippen molar-refractivity contribution in [2.75, 3.05) is 27.8 Å². The minimum atomic E-state index is -0.555. The Morgan fingerprint density at radius 3 is 2.62 bits per heavy atom. The minimum Gasteiger partial charge on any atom is -0.496 e. The standard InChI is InChI=1S/C33H35N3O4/c1-6-10-22(36(3)4)19-40-33(38)30-20(2)35-27-17-21(23-11-7-8-14-29(23)39-5)18-28(37)32(27)31(30)25-12-9-13-26-24(25)15-16-34-26/h6-16,21,31,34-35H,1,17-19H2,2-5H3/b22-10-/t21-,31?/m1/s1. The van der Waals surface area contributed by atoms with Crippen molar-refractivity contribution in [2.45, 2.75) is 31.6 Å². The summed E-state index contributed by atoms with van der Waals surface area (Å²) in [6.07, 6.45) is 6.32. The molecule has 1 aromatic heterocycles. The molecule has 7 nitrogen and oxygen atoms in total. The van der Waals surface area contributed by atoms with Gasteiger partial charge in [-0.3, -0.25) is 4.79 Å². The van der Waals surface area contributed by atoms with E-state index in [1.54, 1.807) is 13.2 Å². The zero-order valence-corrected chi connectivity index (χ0v) is 23.4. The minimum absolute atomic E-state index is 0.0144. The molecule has 0 amide bonds. The topological polar surface area (TPSA) is 83.7 Å². The van der Waals surface area contributed by atoms with Gasteiger partial charge in [0.05, 0.1) is 18.4 Å². The highest BCUT2D eigenvalue weighted by Crippen LogP contribution is 2.48. The predicted molar refractivity (Wildman–Crippen MR) is 157 cm³/mol. The first kappa shape index (κ1) is 27.1. The predicted octanol–water partition coefficient (Wildman–Crippen LogP) is 5.71. The fourth-order valence-electron chi connectivity index (χ4n) is 5.89. The number of hydrogen-bond donors (Lipinski definition) is 2. The number of para-hydroxylation sites is 1. The zero-order valence-electron chi connectivity index (χ0n) is 23.4. The molecule has 0 spiro atoms. The van der Waals surface area contributed by atoms with Crippen molar-refractivity contribution in [1.29, 1.82) is 0 Å². The largest absolute Gasteiger partial charge is 0.496 e. The number of Topliss-reactive ketones (excluding diaryl/α,β-unsaturated/α-hetero) is 1. The van der Waals surface area contributed by atoms with Gasteiger partial charge < -0.3 is 24.7 Å². The van der Waals surface area contributed by atoms with E-state index < -0.39 is 11.9 Å². The SMILES string of the molecule is C=C/C=C(/COC(=O)C1=C(C)NC2=C(C(=O)C[C@H](c3ccccc3OC)C2)C1c1cccc2[nH]ccc12)N(C)C. The molecule has 7 heteroatoms. The average Bonchev–Trinajstić information content (AvgIpc) is 3.43.